The van der Waals surface area contributed by atoms with Crippen molar-refractivity contribution in [2.24, 2.45) is 5.10 Å². The predicted octanol–water partition coefficient (Wildman–Crippen LogP) is 4.47. The van der Waals surface area contributed by atoms with Crippen LogP contribution in [0, 0.1) is 12.3 Å². The number of carbonyl (C=O) groups excluding carboxylic acids is 2. The Hall–Kier alpha value is -4.05. The molecule has 0 aliphatic carbocycles. The highest BCUT2D eigenvalue weighted by Gasteiger charge is 2.29. The normalized spacial score (nSPS) is 14.3. The number of esters is 1. The number of hydrogen-bond acceptors (Lipinski definition) is 6. The second-order valence-corrected chi connectivity index (χ2v) is 7.49. The molecule has 1 aliphatic rings. The first-order valence-corrected chi connectivity index (χ1v) is 10.6. The van der Waals surface area contributed by atoms with Crippen molar-refractivity contribution < 1.29 is 23.8 Å². The lowest BCUT2D eigenvalue weighted by atomic mass is 10.1. The van der Waals surface area contributed by atoms with Crippen LogP contribution in [-0.4, -0.2) is 36.9 Å². The summed E-state index contributed by atoms with van der Waals surface area (Å²) < 4.78 is 16.4. The third kappa shape index (κ3) is 5.60. The van der Waals surface area contributed by atoms with Gasteiger partial charge in [0.15, 0.2) is 11.5 Å². The van der Waals surface area contributed by atoms with Gasteiger partial charge in [-0.1, -0.05) is 12.0 Å². The summed E-state index contributed by atoms with van der Waals surface area (Å²) in [6.45, 7) is 7.81. The number of benzene rings is 2. The van der Waals surface area contributed by atoms with E-state index in [1.54, 1.807) is 63.2 Å². The van der Waals surface area contributed by atoms with Gasteiger partial charge in [-0.05, 0) is 75.7 Å². The predicted molar refractivity (Wildman–Crippen MR) is 128 cm³/mol. The summed E-state index contributed by atoms with van der Waals surface area (Å²) >= 11 is 0. The molecule has 170 valence electrons. The molecule has 0 atom stereocenters. The van der Waals surface area contributed by atoms with E-state index in [-0.39, 0.29) is 18.6 Å². The van der Waals surface area contributed by atoms with Crippen molar-refractivity contribution in [2.45, 2.75) is 33.8 Å². The molecule has 0 fully saturated rings. The summed E-state index contributed by atoms with van der Waals surface area (Å²) in [6.07, 6.45) is 6.81. The lowest BCUT2D eigenvalue weighted by Crippen LogP contribution is -2.21. The third-order valence-electron chi connectivity index (χ3n) is 4.64. The van der Waals surface area contributed by atoms with Gasteiger partial charge in [-0.15, -0.1) is 6.42 Å². The van der Waals surface area contributed by atoms with Crippen molar-refractivity contribution in [1.82, 2.24) is 0 Å². The Morgan fingerprint density at radius 2 is 1.88 bits per heavy atom. The van der Waals surface area contributed by atoms with E-state index in [9.17, 15) is 9.59 Å². The van der Waals surface area contributed by atoms with Crippen molar-refractivity contribution in [3.63, 3.8) is 0 Å². The maximum atomic E-state index is 13.1. The molecule has 1 amide bonds. The fourth-order valence-electron chi connectivity index (χ4n) is 3.17. The second-order valence-electron chi connectivity index (χ2n) is 7.49. The maximum absolute atomic E-state index is 13.1. The minimum Gasteiger partial charge on any atom is -0.490 e. The SMILES string of the molecule is C#CCOc1ccc(/C=C2/C(=O)N(c3ccc(C(=O)OC(C)C)cc3)N=C2C)cc1OCC. The van der Waals surface area contributed by atoms with Crippen LogP contribution < -0.4 is 14.5 Å². The summed E-state index contributed by atoms with van der Waals surface area (Å²) in [7, 11) is 0. The molecular formula is C26H26N2O5. The fraction of sp³-hybridized carbons (Fsp3) is 0.269. The van der Waals surface area contributed by atoms with Crippen LogP contribution in [0.2, 0.25) is 0 Å². The molecule has 2 aromatic rings. The molecule has 0 aromatic heterocycles. The zero-order valence-corrected chi connectivity index (χ0v) is 19.1. The number of hydrazone groups is 1. The quantitative estimate of drug-likeness (QED) is 0.340. The molecule has 2 aromatic carbocycles. The Morgan fingerprint density at radius 1 is 1.15 bits per heavy atom. The van der Waals surface area contributed by atoms with Crippen molar-refractivity contribution in [3.05, 3.63) is 59.2 Å². The summed E-state index contributed by atoms with van der Waals surface area (Å²) in [6, 6.07) is 11.9. The maximum Gasteiger partial charge on any atom is 0.338 e. The van der Waals surface area contributed by atoms with Crippen LogP contribution in [-0.2, 0) is 9.53 Å². The van der Waals surface area contributed by atoms with E-state index >= 15 is 0 Å². The Balaban J connectivity index is 1.82. The van der Waals surface area contributed by atoms with Gasteiger partial charge in [-0.25, -0.2) is 4.79 Å². The Kier molecular flexibility index (Phi) is 7.52. The first-order valence-electron chi connectivity index (χ1n) is 10.6. The van der Waals surface area contributed by atoms with Gasteiger partial charge in [0.25, 0.3) is 5.91 Å². The van der Waals surface area contributed by atoms with E-state index in [4.69, 9.17) is 20.6 Å². The first kappa shape index (κ1) is 23.6. The van der Waals surface area contributed by atoms with Gasteiger partial charge in [0.2, 0.25) is 0 Å². The Bertz CT molecular complexity index is 1140. The minimum atomic E-state index is -0.413. The van der Waals surface area contributed by atoms with E-state index in [1.165, 1.54) is 5.01 Å². The van der Waals surface area contributed by atoms with Crippen LogP contribution in [0.25, 0.3) is 6.08 Å². The third-order valence-corrected chi connectivity index (χ3v) is 4.64. The molecule has 1 aliphatic heterocycles. The number of rotatable bonds is 8. The zero-order valence-electron chi connectivity index (χ0n) is 19.1. The summed E-state index contributed by atoms with van der Waals surface area (Å²) in [5.41, 5.74) is 2.76. The van der Waals surface area contributed by atoms with Crippen molar-refractivity contribution in [2.75, 3.05) is 18.2 Å². The number of hydrogen-bond donors (Lipinski definition) is 0. The van der Waals surface area contributed by atoms with Crippen LogP contribution in [0.15, 0.2) is 53.1 Å². The van der Waals surface area contributed by atoms with Crippen molar-refractivity contribution in [3.8, 4) is 23.8 Å². The minimum absolute atomic E-state index is 0.133. The summed E-state index contributed by atoms with van der Waals surface area (Å²) in [5, 5.41) is 5.71. The zero-order chi connectivity index (χ0) is 24.0. The average Bonchev–Trinajstić information content (AvgIpc) is 3.06. The number of nitrogens with zero attached hydrogens (tertiary/aromatic N) is 2. The monoisotopic (exact) mass is 446 g/mol. The first-order chi connectivity index (χ1) is 15.8. The highest BCUT2D eigenvalue weighted by atomic mass is 16.5. The molecule has 33 heavy (non-hydrogen) atoms. The van der Waals surface area contributed by atoms with E-state index < -0.39 is 5.97 Å². The largest absolute Gasteiger partial charge is 0.490 e. The Morgan fingerprint density at radius 3 is 2.52 bits per heavy atom. The van der Waals surface area contributed by atoms with Crippen molar-refractivity contribution in [1.29, 1.82) is 0 Å². The van der Waals surface area contributed by atoms with E-state index in [1.807, 2.05) is 13.0 Å². The van der Waals surface area contributed by atoms with Crippen LogP contribution in [0.3, 0.4) is 0 Å². The van der Waals surface area contributed by atoms with Gasteiger partial charge in [0.05, 0.1) is 35.2 Å². The average molecular weight is 447 g/mol. The van der Waals surface area contributed by atoms with Gasteiger partial charge < -0.3 is 14.2 Å². The van der Waals surface area contributed by atoms with Crippen LogP contribution in [0.4, 0.5) is 5.69 Å². The molecule has 0 unspecified atom stereocenters. The number of ether oxygens (including phenoxy) is 3. The number of carbonyl (C=O) groups is 2. The van der Waals surface area contributed by atoms with E-state index in [0.29, 0.717) is 40.6 Å². The smallest absolute Gasteiger partial charge is 0.338 e. The molecule has 0 N–H and O–H groups in total. The molecule has 1 heterocycles. The molecule has 0 saturated heterocycles. The van der Waals surface area contributed by atoms with Crippen LogP contribution in [0.1, 0.15) is 43.6 Å². The molecular weight excluding hydrogens is 420 g/mol. The number of anilines is 1. The molecule has 3 rings (SSSR count). The number of amides is 1. The Labute approximate surface area is 193 Å². The highest BCUT2D eigenvalue weighted by Crippen LogP contribution is 2.31. The highest BCUT2D eigenvalue weighted by molar-refractivity contribution is 6.32. The number of terminal acetylenes is 1. The molecule has 0 spiro atoms. The fourth-order valence-corrected chi connectivity index (χ4v) is 3.17. The lowest BCUT2D eigenvalue weighted by Gasteiger charge is -2.13. The molecule has 7 nitrogen and oxygen atoms in total. The summed E-state index contributed by atoms with van der Waals surface area (Å²) in [5.74, 6) is 2.83. The molecule has 7 heteroatoms. The molecule has 0 radical (unpaired) electrons. The van der Waals surface area contributed by atoms with Gasteiger partial charge in [0, 0.05) is 0 Å². The molecule has 0 saturated carbocycles. The van der Waals surface area contributed by atoms with E-state index in [2.05, 4.69) is 11.0 Å². The standard InChI is InChI=1S/C26H26N2O5/c1-6-14-32-23-13-8-19(16-24(23)31-7-2)15-22-18(5)27-28(25(22)29)21-11-9-20(10-12-21)26(30)33-17(3)4/h1,8-13,15-17H,7,14H2,2-5H3/b22-15+. The topological polar surface area (TPSA) is 77.4 Å². The lowest BCUT2D eigenvalue weighted by molar-refractivity contribution is -0.114. The van der Waals surface area contributed by atoms with Crippen molar-refractivity contribution >= 4 is 29.4 Å². The van der Waals surface area contributed by atoms with Gasteiger partial charge in [-0.3, -0.25) is 4.79 Å². The van der Waals surface area contributed by atoms with Gasteiger partial charge >= 0.3 is 5.97 Å². The van der Waals surface area contributed by atoms with E-state index in [0.717, 1.165) is 5.56 Å². The second kappa shape index (κ2) is 10.5. The van der Waals surface area contributed by atoms with Crippen LogP contribution >= 0.6 is 0 Å². The van der Waals surface area contributed by atoms with Gasteiger partial charge in [0.1, 0.15) is 6.61 Å². The van der Waals surface area contributed by atoms with Gasteiger partial charge in [-0.2, -0.15) is 10.1 Å². The van der Waals surface area contributed by atoms with Crippen LogP contribution in [0.5, 0.6) is 11.5 Å². The molecule has 0 bridgehead atoms. The summed E-state index contributed by atoms with van der Waals surface area (Å²) in [4.78, 5) is 25.1.